The van der Waals surface area contributed by atoms with E-state index in [-0.39, 0.29) is 14.5 Å². The molecule has 2 aliphatic heterocycles. The highest BCUT2D eigenvalue weighted by atomic mass is 33.5. The minimum atomic E-state index is -0.203. The Balaban J connectivity index is 1.85. The second-order valence-electron chi connectivity index (χ2n) is 3.91. The molecule has 0 aliphatic carbocycles. The van der Waals surface area contributed by atoms with Crippen LogP contribution < -0.4 is 0 Å². The zero-order valence-corrected chi connectivity index (χ0v) is 12.7. The van der Waals surface area contributed by atoms with Gasteiger partial charge in [0.25, 0.3) is 0 Å². The minimum Gasteiger partial charge on any atom is -0.462 e. The Bertz CT molecular complexity index is 615. The molecule has 0 spiro atoms. The summed E-state index contributed by atoms with van der Waals surface area (Å²) in [6.45, 7) is 2.25. The van der Waals surface area contributed by atoms with E-state index in [1.54, 1.807) is 10.8 Å². The molecule has 0 N–H and O–H groups in total. The van der Waals surface area contributed by atoms with E-state index in [0.29, 0.717) is 6.61 Å². The Kier molecular flexibility index (Phi) is 3.86. The zero-order chi connectivity index (χ0) is 13.2. The summed E-state index contributed by atoms with van der Waals surface area (Å²) in [5, 5.41) is 1.93. The lowest BCUT2D eigenvalue weighted by Crippen LogP contribution is -2.11. The van der Waals surface area contributed by atoms with E-state index >= 15 is 0 Å². The topological polar surface area (TPSA) is 26.3 Å². The van der Waals surface area contributed by atoms with E-state index in [2.05, 4.69) is 18.2 Å². The van der Waals surface area contributed by atoms with E-state index in [1.165, 1.54) is 10.5 Å². The Morgan fingerprint density at radius 3 is 2.84 bits per heavy atom. The van der Waals surface area contributed by atoms with Crippen LogP contribution in [-0.4, -0.2) is 17.4 Å². The van der Waals surface area contributed by atoms with Crippen molar-refractivity contribution < 1.29 is 9.53 Å². The number of benzene rings is 1. The van der Waals surface area contributed by atoms with Gasteiger partial charge in [0.15, 0.2) is 0 Å². The van der Waals surface area contributed by atoms with Crippen LogP contribution in [0.3, 0.4) is 0 Å². The first kappa shape index (κ1) is 13.1. The van der Waals surface area contributed by atoms with Crippen LogP contribution in [0, 0.1) is 0 Å². The van der Waals surface area contributed by atoms with Crippen LogP contribution in [0.1, 0.15) is 12.5 Å². The average Bonchev–Trinajstić information content (AvgIpc) is 2.99. The molecule has 1 atom stereocenters. The highest BCUT2D eigenvalue weighted by molar-refractivity contribution is 9.18. The third-order valence-corrected chi connectivity index (χ3v) is 8.77. The van der Waals surface area contributed by atoms with E-state index < -0.39 is 0 Å². The van der Waals surface area contributed by atoms with Crippen LogP contribution in [0.25, 0.3) is 4.91 Å². The van der Waals surface area contributed by atoms with Crippen molar-refractivity contribution in [3.63, 3.8) is 0 Å². The van der Waals surface area contributed by atoms with Crippen molar-refractivity contribution in [2.24, 2.45) is 0 Å². The molecule has 1 aromatic carbocycles. The van der Waals surface area contributed by atoms with Gasteiger partial charge in [0.1, 0.15) is 0 Å². The van der Waals surface area contributed by atoms with Gasteiger partial charge in [0, 0.05) is 9.77 Å². The highest BCUT2D eigenvalue weighted by Crippen LogP contribution is 2.60. The van der Waals surface area contributed by atoms with Crippen molar-refractivity contribution in [3.8, 4) is 0 Å². The van der Waals surface area contributed by atoms with E-state index in [1.807, 2.05) is 41.3 Å². The van der Waals surface area contributed by atoms with Gasteiger partial charge in [-0.3, -0.25) is 0 Å². The molecular weight excluding hydrogens is 296 g/mol. The quantitative estimate of drug-likeness (QED) is 0.474. The van der Waals surface area contributed by atoms with Crippen LogP contribution in [0.15, 0.2) is 47.4 Å². The number of allylic oxidation sites excluding steroid dienone is 1. The van der Waals surface area contributed by atoms with Crippen LogP contribution >= 0.6 is 30.1 Å². The van der Waals surface area contributed by atoms with Gasteiger partial charge in [-0.1, -0.05) is 60.5 Å². The zero-order valence-electron chi connectivity index (χ0n) is 10.3. The molecule has 2 nitrogen and oxygen atoms in total. The van der Waals surface area contributed by atoms with Crippen molar-refractivity contribution in [1.29, 1.82) is 0 Å². The molecule has 3 rings (SSSR count). The number of esters is 1. The Morgan fingerprint density at radius 2 is 2.11 bits per heavy atom. The van der Waals surface area contributed by atoms with Gasteiger partial charge < -0.3 is 4.74 Å². The molecule has 2 aliphatic rings. The fraction of sp³-hybridized carbons (Fsp3) is 0.143. The molecule has 1 aromatic rings. The van der Waals surface area contributed by atoms with E-state index in [4.69, 9.17) is 4.74 Å². The van der Waals surface area contributed by atoms with Crippen molar-refractivity contribution in [2.45, 2.75) is 6.92 Å². The third-order valence-electron chi connectivity index (χ3n) is 2.68. The molecule has 19 heavy (non-hydrogen) atoms. The smallest absolute Gasteiger partial charge is 0.339 e. The van der Waals surface area contributed by atoms with Crippen LogP contribution in [-0.2, 0) is 9.53 Å². The molecule has 0 fully saturated rings. The molecular formula is C14H12O2S3. The van der Waals surface area contributed by atoms with Crippen molar-refractivity contribution in [3.05, 3.63) is 53.0 Å². The lowest BCUT2D eigenvalue weighted by Gasteiger charge is -2.03. The largest absolute Gasteiger partial charge is 0.462 e. The maximum atomic E-state index is 11.9. The molecule has 0 saturated carbocycles. The number of carbonyl (C=O) groups is 1. The van der Waals surface area contributed by atoms with Crippen molar-refractivity contribution >= 4 is 45.9 Å². The fourth-order valence-electron chi connectivity index (χ4n) is 1.80. The SMILES string of the molecule is CCOC(=O)C1=CSS2=C1C=C(c1ccccc1)S2. The monoisotopic (exact) mass is 308 g/mol. The summed E-state index contributed by atoms with van der Waals surface area (Å²) >= 11 is 0. The number of ether oxygens (including phenoxy) is 1. The number of carbonyl (C=O) groups excluding carboxylic acids is 1. The normalized spacial score (nSPS) is 20.9. The second-order valence-corrected chi connectivity index (χ2v) is 9.56. The summed E-state index contributed by atoms with van der Waals surface area (Å²) in [6.07, 6.45) is 2.13. The summed E-state index contributed by atoms with van der Waals surface area (Å²) in [7, 11) is 3.55. The standard InChI is InChI=1S/C14H12O2S3/c1-2-16-14(15)11-9-17-19-13(11)8-12(18-19)10-6-4-3-5-7-10/h3-9H,2H2,1H3. The van der Waals surface area contributed by atoms with Gasteiger partial charge in [-0.05, 0) is 24.0 Å². The lowest BCUT2D eigenvalue weighted by atomic mass is 10.1. The number of hydrogen-bond acceptors (Lipinski definition) is 4. The van der Waals surface area contributed by atoms with Crippen molar-refractivity contribution in [1.82, 2.24) is 0 Å². The Labute approximate surface area is 122 Å². The number of hydrogen-bond donors (Lipinski definition) is 0. The van der Waals surface area contributed by atoms with Gasteiger partial charge in [0.05, 0.1) is 12.2 Å². The van der Waals surface area contributed by atoms with Gasteiger partial charge in [0.2, 0.25) is 0 Å². The van der Waals surface area contributed by atoms with Gasteiger partial charge in [-0.15, -0.1) is 0 Å². The first-order valence-electron chi connectivity index (χ1n) is 5.91. The lowest BCUT2D eigenvalue weighted by molar-refractivity contribution is -0.137. The van der Waals surface area contributed by atoms with Gasteiger partial charge in [-0.2, -0.15) is 0 Å². The maximum Gasteiger partial charge on any atom is 0.339 e. The van der Waals surface area contributed by atoms with Crippen molar-refractivity contribution in [2.75, 3.05) is 6.61 Å². The van der Waals surface area contributed by atoms with Crippen LogP contribution in [0.5, 0.6) is 0 Å². The third kappa shape index (κ3) is 2.55. The average molecular weight is 308 g/mol. The summed E-state index contributed by atoms with van der Waals surface area (Å²) in [4.78, 5) is 14.2. The molecule has 0 saturated heterocycles. The molecule has 5 heteroatoms. The predicted molar refractivity (Wildman–Crippen MR) is 86.9 cm³/mol. The summed E-state index contributed by atoms with van der Waals surface area (Å²) in [5.74, 6) is -0.203. The van der Waals surface area contributed by atoms with Crippen LogP contribution in [0.2, 0.25) is 0 Å². The first-order valence-corrected chi connectivity index (χ1v) is 9.86. The molecule has 0 bridgehead atoms. The number of rotatable bonds is 3. The summed E-state index contributed by atoms with van der Waals surface area (Å²) in [5.41, 5.74) is 1.94. The molecule has 0 radical (unpaired) electrons. The van der Waals surface area contributed by atoms with Gasteiger partial charge in [-0.25, -0.2) is 4.79 Å². The van der Waals surface area contributed by atoms with E-state index in [0.717, 1.165) is 10.4 Å². The maximum absolute atomic E-state index is 11.9. The Morgan fingerprint density at radius 1 is 1.32 bits per heavy atom. The summed E-state index contributed by atoms with van der Waals surface area (Å²) < 4.78 is 5.10. The minimum absolute atomic E-state index is 0.0113. The first-order chi connectivity index (χ1) is 9.29. The summed E-state index contributed by atoms with van der Waals surface area (Å²) in [6, 6.07) is 10.3. The second kappa shape index (κ2) is 5.61. The van der Waals surface area contributed by atoms with Gasteiger partial charge >= 0.3 is 5.97 Å². The fourth-order valence-corrected chi connectivity index (χ4v) is 8.05. The highest BCUT2D eigenvalue weighted by Gasteiger charge is 2.29. The molecule has 0 aromatic heterocycles. The molecule has 1 unspecified atom stereocenters. The van der Waals surface area contributed by atoms with Crippen LogP contribution in [0.4, 0.5) is 0 Å². The Hall–Kier alpha value is -0.910. The molecule has 98 valence electrons. The molecule has 0 amide bonds. The molecule has 2 heterocycles. The predicted octanol–water partition coefficient (Wildman–Crippen LogP) is 4.24. The van der Waals surface area contributed by atoms with E-state index in [9.17, 15) is 4.79 Å².